The van der Waals surface area contributed by atoms with Crippen LogP contribution in [0.5, 0.6) is 0 Å². The maximum atomic E-state index is 8.74. The fourth-order valence-electron chi connectivity index (χ4n) is 0.589. The summed E-state index contributed by atoms with van der Waals surface area (Å²) in [6.45, 7) is 3.63. The molecule has 0 spiro atoms. The summed E-state index contributed by atoms with van der Waals surface area (Å²) in [4.78, 5) is 0. The first-order valence-electron chi connectivity index (χ1n) is 3.31. The van der Waals surface area contributed by atoms with Crippen LogP contribution in [0.1, 0.15) is 5.56 Å². The van der Waals surface area contributed by atoms with E-state index in [1.165, 1.54) is 5.56 Å². The largest absolute Gasteiger partial charge is 0.394 e. The van der Waals surface area contributed by atoms with Gasteiger partial charge in [0.05, 0.1) is 0 Å². The molecule has 4 nitrogen and oxygen atoms in total. The van der Waals surface area contributed by atoms with Gasteiger partial charge < -0.3 is 0 Å². The minimum atomic E-state index is -4.67. The third kappa shape index (κ3) is 10.8. The predicted octanol–water partition coefficient (Wildman–Crippen LogP) is 1.68. The van der Waals surface area contributed by atoms with Crippen molar-refractivity contribution >= 4 is 16.5 Å². The zero-order valence-electron chi connectivity index (χ0n) is 6.79. The summed E-state index contributed by atoms with van der Waals surface area (Å²) < 4.78 is 31.6. The standard InChI is InChI=1S/C8H8.H2O4S/c1-2-8-6-4-3-5-7-8;1-5(2,3)4/h2-7H,1H2;(H2,1,2,3,4). The van der Waals surface area contributed by atoms with Crippen molar-refractivity contribution in [3.63, 3.8) is 0 Å². The highest BCUT2D eigenvalue weighted by Crippen LogP contribution is 1.97. The van der Waals surface area contributed by atoms with Crippen LogP contribution in [0.15, 0.2) is 36.9 Å². The Bertz CT molecular complexity index is 334. The molecule has 0 amide bonds. The lowest BCUT2D eigenvalue weighted by Crippen LogP contribution is -1.89. The van der Waals surface area contributed by atoms with Gasteiger partial charge in [-0.15, -0.1) is 0 Å². The Hall–Kier alpha value is -1.17. The molecule has 72 valence electrons. The Kier molecular flexibility index (Phi) is 4.98. The first-order valence-corrected chi connectivity index (χ1v) is 4.70. The fourth-order valence-corrected chi connectivity index (χ4v) is 0.589. The van der Waals surface area contributed by atoms with Gasteiger partial charge in [-0.2, -0.15) is 8.42 Å². The summed E-state index contributed by atoms with van der Waals surface area (Å²) in [6, 6.07) is 10.0. The van der Waals surface area contributed by atoms with Crippen molar-refractivity contribution in [1.82, 2.24) is 0 Å². The van der Waals surface area contributed by atoms with Gasteiger partial charge in [-0.1, -0.05) is 43.0 Å². The molecule has 0 saturated carbocycles. The molecular weight excluding hydrogens is 192 g/mol. The summed E-state index contributed by atoms with van der Waals surface area (Å²) in [7, 11) is -4.67. The van der Waals surface area contributed by atoms with Crippen LogP contribution in [0.2, 0.25) is 0 Å². The van der Waals surface area contributed by atoms with Crippen molar-refractivity contribution in [1.29, 1.82) is 0 Å². The Labute approximate surface area is 77.1 Å². The normalized spacial score (nSPS) is 9.69. The molecule has 0 aromatic heterocycles. The van der Waals surface area contributed by atoms with Crippen LogP contribution in [0.25, 0.3) is 6.08 Å². The molecule has 0 unspecified atom stereocenters. The molecule has 5 heteroatoms. The molecule has 0 atom stereocenters. The van der Waals surface area contributed by atoms with Crippen molar-refractivity contribution in [2.75, 3.05) is 0 Å². The van der Waals surface area contributed by atoms with E-state index in [9.17, 15) is 0 Å². The molecule has 0 fully saturated rings. The second-order valence-corrected chi connectivity index (χ2v) is 2.96. The van der Waals surface area contributed by atoms with E-state index in [1.54, 1.807) is 0 Å². The van der Waals surface area contributed by atoms with Crippen LogP contribution in [0.4, 0.5) is 0 Å². The third-order valence-electron chi connectivity index (χ3n) is 1.04. The summed E-state index contributed by atoms with van der Waals surface area (Å²) in [6.07, 6.45) is 1.83. The van der Waals surface area contributed by atoms with E-state index in [0.29, 0.717) is 0 Å². The van der Waals surface area contributed by atoms with Crippen LogP contribution in [-0.4, -0.2) is 17.5 Å². The lowest BCUT2D eigenvalue weighted by Gasteiger charge is -1.85. The summed E-state index contributed by atoms with van der Waals surface area (Å²) in [5, 5.41) is 0. The Morgan fingerprint density at radius 3 is 1.77 bits per heavy atom. The van der Waals surface area contributed by atoms with E-state index < -0.39 is 10.4 Å². The molecule has 2 N–H and O–H groups in total. The van der Waals surface area contributed by atoms with Gasteiger partial charge in [0, 0.05) is 0 Å². The van der Waals surface area contributed by atoms with Gasteiger partial charge in [-0.3, -0.25) is 9.11 Å². The Morgan fingerprint density at radius 1 is 1.15 bits per heavy atom. The first-order chi connectivity index (χ1) is 5.93. The van der Waals surface area contributed by atoms with Crippen LogP contribution < -0.4 is 0 Å². The number of hydrogen-bond acceptors (Lipinski definition) is 2. The maximum Gasteiger partial charge on any atom is 0.394 e. The lowest BCUT2D eigenvalue weighted by atomic mass is 10.2. The molecule has 13 heavy (non-hydrogen) atoms. The molecule has 1 aromatic rings. The van der Waals surface area contributed by atoms with Crippen LogP contribution in [-0.2, 0) is 10.4 Å². The summed E-state index contributed by atoms with van der Waals surface area (Å²) >= 11 is 0. The highest BCUT2D eigenvalue weighted by molar-refractivity contribution is 7.79. The van der Waals surface area contributed by atoms with Crippen LogP contribution >= 0.6 is 0 Å². The topological polar surface area (TPSA) is 74.6 Å². The predicted molar refractivity (Wildman–Crippen MR) is 50.7 cm³/mol. The molecule has 0 radical (unpaired) electrons. The van der Waals surface area contributed by atoms with Gasteiger partial charge in [0.25, 0.3) is 0 Å². The highest BCUT2D eigenvalue weighted by Gasteiger charge is 1.84. The molecule has 0 saturated heterocycles. The highest BCUT2D eigenvalue weighted by atomic mass is 32.3. The van der Waals surface area contributed by atoms with E-state index in [1.807, 2.05) is 36.4 Å². The minimum absolute atomic E-state index is 1.17. The van der Waals surface area contributed by atoms with Crippen molar-refractivity contribution < 1.29 is 17.5 Å². The quantitative estimate of drug-likeness (QED) is 0.679. The molecular formula is C8H10O4S. The number of benzene rings is 1. The second-order valence-electron chi connectivity index (χ2n) is 2.06. The van der Waals surface area contributed by atoms with E-state index in [-0.39, 0.29) is 0 Å². The third-order valence-corrected chi connectivity index (χ3v) is 1.04. The monoisotopic (exact) mass is 202 g/mol. The lowest BCUT2D eigenvalue weighted by molar-refractivity contribution is 0.381. The van der Waals surface area contributed by atoms with Gasteiger partial charge in [0.2, 0.25) is 0 Å². The van der Waals surface area contributed by atoms with Gasteiger partial charge in [-0.25, -0.2) is 0 Å². The van der Waals surface area contributed by atoms with Crippen molar-refractivity contribution in [2.24, 2.45) is 0 Å². The summed E-state index contributed by atoms with van der Waals surface area (Å²) in [5.74, 6) is 0. The minimum Gasteiger partial charge on any atom is -0.264 e. The fraction of sp³-hybridized carbons (Fsp3) is 0. The van der Waals surface area contributed by atoms with Crippen LogP contribution in [0.3, 0.4) is 0 Å². The van der Waals surface area contributed by atoms with Crippen molar-refractivity contribution in [3.8, 4) is 0 Å². The Morgan fingerprint density at radius 2 is 1.54 bits per heavy atom. The molecule has 0 aliphatic carbocycles. The SMILES string of the molecule is C=Cc1ccccc1.O=S(=O)(O)O. The van der Waals surface area contributed by atoms with Gasteiger partial charge >= 0.3 is 10.4 Å². The van der Waals surface area contributed by atoms with E-state index >= 15 is 0 Å². The number of rotatable bonds is 1. The molecule has 1 rings (SSSR count). The van der Waals surface area contributed by atoms with E-state index in [2.05, 4.69) is 6.58 Å². The van der Waals surface area contributed by atoms with Crippen LogP contribution in [0, 0.1) is 0 Å². The summed E-state index contributed by atoms with van der Waals surface area (Å²) in [5.41, 5.74) is 1.17. The van der Waals surface area contributed by atoms with Gasteiger partial charge in [0.15, 0.2) is 0 Å². The van der Waals surface area contributed by atoms with Gasteiger partial charge in [0.1, 0.15) is 0 Å². The maximum absolute atomic E-state index is 8.74. The first kappa shape index (κ1) is 11.8. The average Bonchev–Trinajstić information content (AvgIpc) is 2.03. The molecule has 1 aromatic carbocycles. The smallest absolute Gasteiger partial charge is 0.264 e. The van der Waals surface area contributed by atoms with Gasteiger partial charge in [-0.05, 0) is 5.56 Å². The molecule has 0 bridgehead atoms. The zero-order chi connectivity index (χ0) is 10.3. The molecule has 0 aliphatic rings. The van der Waals surface area contributed by atoms with E-state index in [4.69, 9.17) is 17.5 Å². The number of hydrogen-bond donors (Lipinski definition) is 2. The zero-order valence-corrected chi connectivity index (χ0v) is 7.61. The molecule has 0 heterocycles. The van der Waals surface area contributed by atoms with Crippen molar-refractivity contribution in [2.45, 2.75) is 0 Å². The van der Waals surface area contributed by atoms with Crippen molar-refractivity contribution in [3.05, 3.63) is 42.5 Å². The average molecular weight is 202 g/mol. The van der Waals surface area contributed by atoms with E-state index in [0.717, 1.165) is 0 Å². The Balaban J connectivity index is 0.000000252. The molecule has 0 aliphatic heterocycles. The second kappa shape index (κ2) is 5.47.